The monoisotopic (exact) mass is 420 g/mol. The van der Waals surface area contributed by atoms with Gasteiger partial charge in [0.15, 0.2) is 11.5 Å². The average molecular weight is 420 g/mol. The highest BCUT2D eigenvalue weighted by atomic mass is 19.1. The molecule has 1 amide bonds. The fraction of sp³-hybridized carbons (Fsp3) is 0.280. The zero-order valence-corrected chi connectivity index (χ0v) is 17.7. The Balaban J connectivity index is 1.55. The summed E-state index contributed by atoms with van der Waals surface area (Å²) in [5.74, 6) is 0.714. The van der Waals surface area contributed by atoms with Crippen molar-refractivity contribution in [2.24, 2.45) is 0 Å². The normalized spacial score (nSPS) is 15.3. The quantitative estimate of drug-likeness (QED) is 0.566. The largest absolute Gasteiger partial charge is 0.490 e. The van der Waals surface area contributed by atoms with Crippen LogP contribution in [0.2, 0.25) is 0 Å². The van der Waals surface area contributed by atoms with E-state index < -0.39 is 0 Å². The Kier molecular flexibility index (Phi) is 6.16. The molecule has 0 saturated carbocycles. The van der Waals surface area contributed by atoms with Gasteiger partial charge in [0.2, 0.25) is 0 Å². The van der Waals surface area contributed by atoms with Crippen LogP contribution in [0, 0.1) is 5.82 Å². The maximum atomic E-state index is 13.8. The van der Waals surface area contributed by atoms with Crippen LogP contribution in [-0.2, 0) is 13.0 Å². The van der Waals surface area contributed by atoms with Crippen LogP contribution in [0.5, 0.6) is 11.5 Å². The van der Waals surface area contributed by atoms with Crippen LogP contribution in [0.4, 0.5) is 4.39 Å². The topological polar surface area (TPSA) is 51.7 Å². The molecule has 0 aliphatic carbocycles. The number of fused-ring (bicyclic) bond motifs is 1. The van der Waals surface area contributed by atoms with Crippen molar-refractivity contribution in [1.82, 2.24) is 9.88 Å². The molecule has 2 heterocycles. The maximum Gasteiger partial charge on any atom is 0.254 e. The van der Waals surface area contributed by atoms with Gasteiger partial charge in [0.25, 0.3) is 5.91 Å². The highest BCUT2D eigenvalue weighted by Crippen LogP contribution is 2.34. The summed E-state index contributed by atoms with van der Waals surface area (Å²) >= 11 is 0. The summed E-state index contributed by atoms with van der Waals surface area (Å²) in [4.78, 5) is 19.1. The number of carbonyl (C=O) groups excluding carboxylic acids is 1. The lowest BCUT2D eigenvalue weighted by atomic mass is 9.93. The van der Waals surface area contributed by atoms with Crippen LogP contribution >= 0.6 is 0 Å². The standard InChI is InChI=1S/C25H25FN2O3/c1-3-30-24-14-20(5-7-23(24)31-16-18-8-11-27-12-9-18)25(29)28-13-10-19-4-6-21(26)15-22(19)17(28)2/h4-9,11-12,14-15,17H,3,10,13,16H2,1-2H3. The fourth-order valence-corrected chi connectivity index (χ4v) is 3.90. The number of rotatable bonds is 6. The predicted octanol–water partition coefficient (Wildman–Crippen LogP) is 4.96. The number of aromatic nitrogens is 1. The Morgan fingerprint density at radius 2 is 1.90 bits per heavy atom. The Bertz CT molecular complexity index is 1070. The molecule has 3 aromatic rings. The highest BCUT2D eigenvalue weighted by Gasteiger charge is 2.29. The van der Waals surface area contributed by atoms with E-state index in [1.165, 1.54) is 12.1 Å². The molecule has 1 aromatic heterocycles. The van der Waals surface area contributed by atoms with Crippen LogP contribution in [0.25, 0.3) is 0 Å². The molecule has 0 saturated heterocycles. The number of amides is 1. The van der Waals surface area contributed by atoms with Crippen LogP contribution in [-0.4, -0.2) is 28.9 Å². The molecule has 0 fully saturated rings. The van der Waals surface area contributed by atoms with Crippen LogP contribution in [0.1, 0.15) is 46.9 Å². The Morgan fingerprint density at radius 1 is 1.10 bits per heavy atom. The van der Waals surface area contributed by atoms with E-state index in [4.69, 9.17) is 9.47 Å². The minimum atomic E-state index is -0.283. The molecule has 0 spiro atoms. The molecule has 1 unspecified atom stereocenters. The van der Waals surface area contributed by atoms with Crippen molar-refractivity contribution in [1.29, 1.82) is 0 Å². The van der Waals surface area contributed by atoms with E-state index in [9.17, 15) is 9.18 Å². The second-order valence-corrected chi connectivity index (χ2v) is 7.51. The molecule has 1 aliphatic rings. The summed E-state index contributed by atoms with van der Waals surface area (Å²) in [6.45, 7) is 5.24. The van der Waals surface area contributed by atoms with E-state index in [1.54, 1.807) is 35.5 Å². The lowest BCUT2D eigenvalue weighted by Crippen LogP contribution is -2.38. The molecule has 0 N–H and O–H groups in total. The molecule has 1 atom stereocenters. The number of benzene rings is 2. The molecule has 0 bridgehead atoms. The van der Waals surface area contributed by atoms with Crippen molar-refractivity contribution in [3.63, 3.8) is 0 Å². The number of hydrogen-bond donors (Lipinski definition) is 0. The van der Waals surface area contributed by atoms with Gasteiger partial charge in [-0.15, -0.1) is 0 Å². The molecule has 5 nitrogen and oxygen atoms in total. The minimum Gasteiger partial charge on any atom is -0.490 e. The third kappa shape index (κ3) is 4.53. The van der Waals surface area contributed by atoms with E-state index >= 15 is 0 Å². The number of nitrogens with zero attached hydrogens (tertiary/aromatic N) is 2. The first-order chi connectivity index (χ1) is 15.1. The lowest BCUT2D eigenvalue weighted by Gasteiger charge is -2.35. The van der Waals surface area contributed by atoms with Crippen molar-refractivity contribution < 1.29 is 18.7 Å². The summed E-state index contributed by atoms with van der Waals surface area (Å²) in [6.07, 6.45) is 4.14. The van der Waals surface area contributed by atoms with Crippen molar-refractivity contribution in [2.45, 2.75) is 32.9 Å². The first-order valence-electron chi connectivity index (χ1n) is 10.4. The molecule has 2 aromatic carbocycles. The molecule has 1 aliphatic heterocycles. The fourth-order valence-electron chi connectivity index (χ4n) is 3.90. The van der Waals surface area contributed by atoms with Gasteiger partial charge in [0.05, 0.1) is 12.6 Å². The van der Waals surface area contributed by atoms with Crippen molar-refractivity contribution in [3.05, 3.63) is 89.0 Å². The predicted molar refractivity (Wildman–Crippen MR) is 116 cm³/mol. The number of halogens is 1. The number of hydrogen-bond acceptors (Lipinski definition) is 4. The second kappa shape index (κ2) is 9.16. The summed E-state index contributed by atoms with van der Waals surface area (Å²) in [5.41, 5.74) is 3.46. The SMILES string of the molecule is CCOc1cc(C(=O)N2CCc3ccc(F)cc3C2C)ccc1OCc1ccncc1. The molecule has 0 radical (unpaired) electrons. The average Bonchev–Trinajstić information content (AvgIpc) is 2.79. The summed E-state index contributed by atoms with van der Waals surface area (Å²) in [5, 5.41) is 0. The first-order valence-corrected chi connectivity index (χ1v) is 10.4. The van der Waals surface area contributed by atoms with Crippen LogP contribution in [0.15, 0.2) is 60.9 Å². The zero-order valence-electron chi connectivity index (χ0n) is 17.7. The Labute approximate surface area is 181 Å². The summed E-state index contributed by atoms with van der Waals surface area (Å²) in [6, 6.07) is 13.6. The number of ether oxygens (including phenoxy) is 2. The van der Waals surface area contributed by atoms with Crippen molar-refractivity contribution >= 4 is 5.91 Å². The molecule has 6 heteroatoms. The van der Waals surface area contributed by atoms with E-state index in [-0.39, 0.29) is 17.8 Å². The third-order valence-electron chi connectivity index (χ3n) is 5.54. The molecule has 160 valence electrons. The summed E-state index contributed by atoms with van der Waals surface area (Å²) < 4.78 is 25.4. The molecular formula is C25H25FN2O3. The van der Waals surface area contributed by atoms with E-state index in [0.29, 0.717) is 43.2 Å². The van der Waals surface area contributed by atoms with Crippen LogP contribution in [0.3, 0.4) is 0 Å². The van der Waals surface area contributed by atoms with Gasteiger partial charge < -0.3 is 14.4 Å². The van der Waals surface area contributed by atoms with Crippen LogP contribution < -0.4 is 9.47 Å². The second-order valence-electron chi connectivity index (χ2n) is 7.51. The number of pyridine rings is 1. The minimum absolute atomic E-state index is 0.107. The van der Waals surface area contributed by atoms with Gasteiger partial charge in [0, 0.05) is 24.5 Å². The van der Waals surface area contributed by atoms with E-state index in [1.807, 2.05) is 32.0 Å². The van der Waals surface area contributed by atoms with Gasteiger partial charge in [-0.1, -0.05) is 6.07 Å². The first kappa shape index (κ1) is 20.8. The molecular weight excluding hydrogens is 395 g/mol. The summed E-state index contributed by atoms with van der Waals surface area (Å²) in [7, 11) is 0. The number of carbonyl (C=O) groups is 1. The van der Waals surface area contributed by atoms with Crippen molar-refractivity contribution in [3.8, 4) is 11.5 Å². The van der Waals surface area contributed by atoms with E-state index in [0.717, 1.165) is 16.7 Å². The van der Waals surface area contributed by atoms with Gasteiger partial charge in [-0.2, -0.15) is 0 Å². The highest BCUT2D eigenvalue weighted by molar-refractivity contribution is 5.95. The van der Waals surface area contributed by atoms with Crippen molar-refractivity contribution in [2.75, 3.05) is 13.2 Å². The van der Waals surface area contributed by atoms with Gasteiger partial charge in [0.1, 0.15) is 12.4 Å². The molecule has 31 heavy (non-hydrogen) atoms. The van der Waals surface area contributed by atoms with Gasteiger partial charge in [-0.3, -0.25) is 9.78 Å². The Morgan fingerprint density at radius 3 is 2.68 bits per heavy atom. The third-order valence-corrected chi connectivity index (χ3v) is 5.54. The smallest absolute Gasteiger partial charge is 0.254 e. The molecule has 4 rings (SSSR count). The Hall–Kier alpha value is -3.41. The van der Waals surface area contributed by atoms with E-state index in [2.05, 4.69) is 4.98 Å². The lowest BCUT2D eigenvalue weighted by molar-refractivity contribution is 0.0676. The van der Waals surface area contributed by atoms with Gasteiger partial charge in [-0.05, 0) is 79.4 Å². The zero-order chi connectivity index (χ0) is 21.8. The van der Waals surface area contributed by atoms with Gasteiger partial charge >= 0.3 is 0 Å². The van der Waals surface area contributed by atoms with Gasteiger partial charge in [-0.25, -0.2) is 4.39 Å². The maximum absolute atomic E-state index is 13.8.